The lowest BCUT2D eigenvalue weighted by molar-refractivity contribution is 0.200. The molecule has 1 N–H and O–H groups in total. The molecule has 1 unspecified atom stereocenters. The van der Waals surface area contributed by atoms with Gasteiger partial charge in [0.1, 0.15) is 24.1 Å². The third-order valence-electron chi connectivity index (χ3n) is 7.57. The number of aromatic amines is 1. The van der Waals surface area contributed by atoms with E-state index in [2.05, 4.69) is 55.4 Å². The van der Waals surface area contributed by atoms with Crippen LogP contribution >= 0.6 is 0 Å². The summed E-state index contributed by atoms with van der Waals surface area (Å²) in [5, 5.41) is 13.7. The van der Waals surface area contributed by atoms with Gasteiger partial charge in [-0.2, -0.15) is 0 Å². The molecular formula is C29H31N7O3. The summed E-state index contributed by atoms with van der Waals surface area (Å²) in [5.74, 6) is 2.19. The second-order valence-corrected chi connectivity index (χ2v) is 9.94. The van der Waals surface area contributed by atoms with Crippen LogP contribution in [0.25, 0.3) is 10.9 Å². The minimum absolute atomic E-state index is 0.133. The SMILES string of the molecule is COc1ccc(N2CCN(C(c3cc4c(C)ccc(C)c4[nH]c3=O)c3nnnn3Cc3ccco3)CC2)cc1. The van der Waals surface area contributed by atoms with Crippen LogP contribution < -0.4 is 15.2 Å². The standard InChI is InChI=1S/C29H31N7O3/c1-19-6-7-20(2)26-24(19)17-25(29(37)30-26)27(28-31-32-33-36(28)18-23-5-4-16-39-23)35-14-12-34(13-15-35)21-8-10-22(38-3)11-9-21/h4-11,16-17,27H,12-15,18H2,1-3H3,(H,30,37). The molecule has 4 heterocycles. The van der Waals surface area contributed by atoms with Crippen molar-refractivity contribution < 1.29 is 9.15 Å². The lowest BCUT2D eigenvalue weighted by Crippen LogP contribution is -2.49. The summed E-state index contributed by atoms with van der Waals surface area (Å²) in [4.78, 5) is 21.4. The van der Waals surface area contributed by atoms with Crippen molar-refractivity contribution in [1.29, 1.82) is 0 Å². The Morgan fingerprint density at radius 1 is 1.03 bits per heavy atom. The number of anilines is 1. The zero-order valence-corrected chi connectivity index (χ0v) is 22.3. The van der Waals surface area contributed by atoms with Gasteiger partial charge in [-0.1, -0.05) is 12.1 Å². The predicted octanol–water partition coefficient (Wildman–Crippen LogP) is 3.69. The highest BCUT2D eigenvalue weighted by Gasteiger charge is 2.33. The number of hydrogen-bond donors (Lipinski definition) is 1. The fourth-order valence-electron chi connectivity index (χ4n) is 5.40. The largest absolute Gasteiger partial charge is 0.497 e. The number of fused-ring (bicyclic) bond motifs is 1. The number of ether oxygens (including phenoxy) is 1. The van der Waals surface area contributed by atoms with Gasteiger partial charge in [0.15, 0.2) is 5.82 Å². The van der Waals surface area contributed by atoms with E-state index in [4.69, 9.17) is 9.15 Å². The molecule has 1 fully saturated rings. The molecule has 0 amide bonds. The smallest absolute Gasteiger partial charge is 0.253 e. The second kappa shape index (κ2) is 10.4. The minimum atomic E-state index is -0.430. The van der Waals surface area contributed by atoms with E-state index in [1.54, 1.807) is 18.1 Å². The predicted molar refractivity (Wildman–Crippen MR) is 148 cm³/mol. The summed E-state index contributed by atoms with van der Waals surface area (Å²) in [6, 6.07) is 17.6. The molecule has 1 atom stereocenters. The number of H-pyrrole nitrogens is 1. The summed E-state index contributed by atoms with van der Waals surface area (Å²) in [5.41, 5.74) is 4.64. The Hall–Kier alpha value is -4.44. The van der Waals surface area contributed by atoms with Gasteiger partial charge in [0.25, 0.3) is 5.56 Å². The number of hydrogen-bond acceptors (Lipinski definition) is 8. The van der Waals surface area contributed by atoms with Crippen LogP contribution in [-0.2, 0) is 6.54 Å². The molecule has 39 heavy (non-hydrogen) atoms. The Balaban J connectivity index is 1.38. The van der Waals surface area contributed by atoms with Crippen molar-refractivity contribution in [3.63, 3.8) is 0 Å². The van der Waals surface area contributed by atoms with Gasteiger partial charge in [-0.15, -0.1) is 5.10 Å². The number of furan rings is 1. The fourth-order valence-corrected chi connectivity index (χ4v) is 5.40. The van der Waals surface area contributed by atoms with Gasteiger partial charge in [0.05, 0.1) is 18.9 Å². The molecule has 0 radical (unpaired) electrons. The zero-order chi connectivity index (χ0) is 26.9. The zero-order valence-electron chi connectivity index (χ0n) is 22.3. The molecule has 0 bridgehead atoms. The quantitative estimate of drug-likeness (QED) is 0.343. The van der Waals surface area contributed by atoms with Gasteiger partial charge < -0.3 is 19.0 Å². The van der Waals surface area contributed by atoms with E-state index in [9.17, 15) is 4.79 Å². The molecule has 0 saturated carbocycles. The molecule has 1 saturated heterocycles. The molecule has 3 aromatic heterocycles. The number of piperazine rings is 1. The van der Waals surface area contributed by atoms with Crippen molar-refractivity contribution in [3.05, 3.63) is 99.5 Å². The van der Waals surface area contributed by atoms with Crippen molar-refractivity contribution in [2.45, 2.75) is 26.4 Å². The molecule has 0 aliphatic carbocycles. The first-order chi connectivity index (χ1) is 19.0. The van der Waals surface area contributed by atoms with Crippen LogP contribution in [0.15, 0.2) is 70.1 Å². The monoisotopic (exact) mass is 525 g/mol. The lowest BCUT2D eigenvalue weighted by atomic mass is 9.99. The number of aromatic nitrogens is 5. The normalized spacial score (nSPS) is 15.1. The van der Waals surface area contributed by atoms with E-state index in [0.717, 1.165) is 65.4 Å². The summed E-state index contributed by atoms with van der Waals surface area (Å²) in [6.07, 6.45) is 1.63. The molecule has 2 aromatic carbocycles. The third-order valence-corrected chi connectivity index (χ3v) is 7.57. The first-order valence-electron chi connectivity index (χ1n) is 13.1. The fraction of sp³-hybridized carbons (Fsp3) is 0.310. The highest BCUT2D eigenvalue weighted by molar-refractivity contribution is 5.85. The van der Waals surface area contributed by atoms with Crippen molar-refractivity contribution in [2.75, 3.05) is 38.2 Å². The molecule has 200 valence electrons. The third kappa shape index (κ3) is 4.79. The Kier molecular flexibility index (Phi) is 6.62. The molecule has 6 rings (SSSR count). The number of aryl methyl sites for hydroxylation is 2. The second-order valence-electron chi connectivity index (χ2n) is 9.94. The van der Waals surface area contributed by atoms with Crippen molar-refractivity contribution >= 4 is 16.6 Å². The maximum Gasteiger partial charge on any atom is 0.253 e. The van der Waals surface area contributed by atoms with E-state index < -0.39 is 6.04 Å². The number of methoxy groups -OCH3 is 1. The summed E-state index contributed by atoms with van der Waals surface area (Å²) in [6.45, 7) is 7.51. The molecular weight excluding hydrogens is 494 g/mol. The molecule has 0 spiro atoms. The lowest BCUT2D eigenvalue weighted by Gasteiger charge is -2.39. The average Bonchev–Trinajstić information content (AvgIpc) is 3.65. The summed E-state index contributed by atoms with van der Waals surface area (Å²) >= 11 is 0. The Morgan fingerprint density at radius 3 is 2.51 bits per heavy atom. The van der Waals surface area contributed by atoms with Gasteiger partial charge in [0, 0.05) is 42.8 Å². The molecule has 1 aliphatic heterocycles. The number of rotatable bonds is 7. The van der Waals surface area contributed by atoms with E-state index in [-0.39, 0.29) is 5.56 Å². The first-order valence-corrected chi connectivity index (χ1v) is 13.1. The van der Waals surface area contributed by atoms with Gasteiger partial charge in [-0.3, -0.25) is 9.69 Å². The van der Waals surface area contributed by atoms with E-state index in [0.29, 0.717) is 17.9 Å². The summed E-state index contributed by atoms with van der Waals surface area (Å²) < 4.78 is 12.6. The molecule has 10 heteroatoms. The number of nitrogens with zero attached hydrogens (tertiary/aromatic N) is 6. The van der Waals surface area contributed by atoms with Gasteiger partial charge in [-0.25, -0.2) is 4.68 Å². The number of nitrogens with one attached hydrogen (secondary N) is 1. The van der Waals surface area contributed by atoms with Crippen molar-refractivity contribution in [2.24, 2.45) is 0 Å². The summed E-state index contributed by atoms with van der Waals surface area (Å²) in [7, 11) is 1.67. The van der Waals surface area contributed by atoms with Gasteiger partial charge in [0.2, 0.25) is 0 Å². The van der Waals surface area contributed by atoms with Crippen LogP contribution in [0.4, 0.5) is 5.69 Å². The van der Waals surface area contributed by atoms with Crippen molar-refractivity contribution in [1.82, 2.24) is 30.1 Å². The van der Waals surface area contributed by atoms with Gasteiger partial charge in [-0.05, 0) is 77.9 Å². The minimum Gasteiger partial charge on any atom is -0.497 e. The molecule has 1 aliphatic rings. The Morgan fingerprint density at radius 2 is 1.79 bits per heavy atom. The molecule has 10 nitrogen and oxygen atoms in total. The Bertz CT molecular complexity index is 1630. The van der Waals surface area contributed by atoms with E-state index in [1.807, 2.05) is 43.3 Å². The van der Waals surface area contributed by atoms with Crippen molar-refractivity contribution in [3.8, 4) is 5.75 Å². The highest BCUT2D eigenvalue weighted by Crippen LogP contribution is 2.31. The number of pyridine rings is 1. The van der Waals surface area contributed by atoms with Crippen LogP contribution in [0.3, 0.4) is 0 Å². The van der Waals surface area contributed by atoms with E-state index in [1.165, 1.54) is 0 Å². The average molecular weight is 526 g/mol. The number of benzene rings is 2. The topological polar surface area (TPSA) is 105 Å². The Labute approximate surface area is 225 Å². The van der Waals surface area contributed by atoms with Crippen LogP contribution in [0, 0.1) is 13.8 Å². The molecule has 5 aromatic rings. The first kappa shape index (κ1) is 24.9. The highest BCUT2D eigenvalue weighted by atomic mass is 16.5. The van der Waals surface area contributed by atoms with Crippen LogP contribution in [0.5, 0.6) is 5.75 Å². The van der Waals surface area contributed by atoms with Crippen LogP contribution in [0.2, 0.25) is 0 Å². The maximum absolute atomic E-state index is 13.6. The van der Waals surface area contributed by atoms with Crippen LogP contribution in [0.1, 0.15) is 34.3 Å². The number of tetrazole rings is 1. The van der Waals surface area contributed by atoms with Crippen LogP contribution in [-0.4, -0.2) is 63.4 Å². The van der Waals surface area contributed by atoms with Gasteiger partial charge >= 0.3 is 0 Å². The van der Waals surface area contributed by atoms with E-state index >= 15 is 0 Å². The maximum atomic E-state index is 13.6.